The second-order valence-electron chi connectivity index (χ2n) is 7.16. The fourth-order valence-electron chi connectivity index (χ4n) is 3.27. The number of rotatable bonds is 8. The number of sulfone groups is 1. The highest BCUT2D eigenvalue weighted by molar-refractivity contribution is 7.92. The summed E-state index contributed by atoms with van der Waals surface area (Å²) in [5.41, 5.74) is 1.10. The van der Waals surface area contributed by atoms with Crippen LogP contribution in [0.1, 0.15) is 5.69 Å². The van der Waals surface area contributed by atoms with E-state index in [1.807, 2.05) is 0 Å². The molecule has 4 aromatic rings. The average Bonchev–Trinajstić information content (AvgIpc) is 3.27. The van der Waals surface area contributed by atoms with Gasteiger partial charge in [0, 0.05) is 11.2 Å². The van der Waals surface area contributed by atoms with Crippen molar-refractivity contribution in [3.8, 4) is 11.5 Å². The topological polar surface area (TPSA) is 98.7 Å². The fraction of sp³-hybridized carbons (Fsp3) is 0.174. The number of aromatic nitrogens is 2. The van der Waals surface area contributed by atoms with Crippen molar-refractivity contribution in [1.29, 1.82) is 0 Å². The van der Waals surface area contributed by atoms with E-state index >= 15 is 0 Å². The first-order chi connectivity index (χ1) is 16.3. The van der Waals surface area contributed by atoms with Gasteiger partial charge in [-0.15, -0.1) is 0 Å². The molecule has 0 aliphatic carbocycles. The van der Waals surface area contributed by atoms with Gasteiger partial charge in [-0.1, -0.05) is 29.0 Å². The molecular weight excluding hydrogens is 498 g/mol. The minimum Gasteiger partial charge on any atom is -0.495 e. The van der Waals surface area contributed by atoms with Gasteiger partial charge in [0.1, 0.15) is 27.5 Å². The molecular formula is C23H20ClN3O5S2. The number of anilines is 1. The third kappa shape index (κ3) is 4.98. The molecule has 2 heterocycles. The molecule has 0 radical (unpaired) electrons. The highest BCUT2D eigenvalue weighted by atomic mass is 35.5. The van der Waals surface area contributed by atoms with E-state index in [9.17, 15) is 13.2 Å². The number of carbonyl (C=O) groups excluding carboxylic acids is 1. The number of ether oxygens (including phenoxy) is 2. The molecule has 11 heteroatoms. The van der Waals surface area contributed by atoms with Crippen molar-refractivity contribution in [2.75, 3.05) is 24.9 Å². The van der Waals surface area contributed by atoms with E-state index in [4.69, 9.17) is 21.1 Å². The lowest BCUT2D eigenvalue weighted by molar-refractivity contribution is -0.116. The number of methoxy groups -OCH3 is 2. The van der Waals surface area contributed by atoms with Crippen LogP contribution in [-0.4, -0.2) is 44.3 Å². The van der Waals surface area contributed by atoms with Crippen molar-refractivity contribution in [3.05, 3.63) is 71.5 Å². The molecule has 0 bridgehead atoms. The Morgan fingerprint density at radius 1 is 1.03 bits per heavy atom. The Bertz CT molecular complexity index is 1380. The minimum absolute atomic E-state index is 0.00988. The van der Waals surface area contributed by atoms with E-state index in [0.29, 0.717) is 37.6 Å². The van der Waals surface area contributed by atoms with Crippen LogP contribution in [0.25, 0.3) is 10.2 Å². The van der Waals surface area contributed by atoms with Gasteiger partial charge < -0.3 is 9.47 Å². The van der Waals surface area contributed by atoms with Crippen LogP contribution in [-0.2, 0) is 21.2 Å². The van der Waals surface area contributed by atoms with Gasteiger partial charge in [0.05, 0.1) is 31.4 Å². The maximum absolute atomic E-state index is 13.4. The zero-order valence-corrected chi connectivity index (χ0v) is 20.7. The van der Waals surface area contributed by atoms with Gasteiger partial charge in [-0.25, -0.2) is 13.4 Å². The molecule has 2 aromatic carbocycles. The van der Waals surface area contributed by atoms with Crippen LogP contribution in [0.3, 0.4) is 0 Å². The molecule has 0 N–H and O–H groups in total. The lowest BCUT2D eigenvalue weighted by Crippen LogP contribution is -2.35. The predicted octanol–water partition coefficient (Wildman–Crippen LogP) is 4.37. The minimum atomic E-state index is -3.92. The van der Waals surface area contributed by atoms with E-state index in [-0.39, 0.29) is 11.4 Å². The largest absolute Gasteiger partial charge is 0.495 e. The summed E-state index contributed by atoms with van der Waals surface area (Å²) < 4.78 is 37.4. The predicted molar refractivity (Wildman–Crippen MR) is 132 cm³/mol. The normalized spacial score (nSPS) is 11.4. The van der Waals surface area contributed by atoms with E-state index in [1.54, 1.807) is 36.5 Å². The number of hydrogen-bond donors (Lipinski definition) is 0. The molecule has 0 aliphatic rings. The van der Waals surface area contributed by atoms with Crippen LogP contribution in [0.15, 0.2) is 65.7 Å². The Hall–Kier alpha value is -3.21. The summed E-state index contributed by atoms with van der Waals surface area (Å²) in [6.07, 6.45) is 1.60. The van der Waals surface area contributed by atoms with Crippen molar-refractivity contribution < 1.29 is 22.7 Å². The molecule has 0 saturated heterocycles. The van der Waals surface area contributed by atoms with E-state index < -0.39 is 21.5 Å². The monoisotopic (exact) mass is 517 g/mol. The van der Waals surface area contributed by atoms with E-state index in [2.05, 4.69) is 9.97 Å². The summed E-state index contributed by atoms with van der Waals surface area (Å²) >= 11 is 7.08. The Morgan fingerprint density at radius 3 is 2.38 bits per heavy atom. The van der Waals surface area contributed by atoms with Crippen molar-refractivity contribution >= 4 is 54.0 Å². The molecule has 0 atom stereocenters. The van der Waals surface area contributed by atoms with Crippen LogP contribution in [0.4, 0.5) is 5.13 Å². The number of fused-ring (bicyclic) bond motifs is 1. The number of thiazole rings is 1. The summed E-state index contributed by atoms with van der Waals surface area (Å²) in [6.45, 7) is 0.0419. The lowest BCUT2D eigenvalue weighted by atomic mass is 10.3. The number of amides is 1. The molecule has 0 saturated carbocycles. The SMILES string of the molecule is COc1ccc(OC)c2sc(N(Cc3ccccn3)C(=O)CS(=O)(=O)c3ccc(Cl)cc3)nc12. The molecule has 0 fully saturated rings. The molecule has 34 heavy (non-hydrogen) atoms. The van der Waals surface area contributed by atoms with Crippen LogP contribution >= 0.6 is 22.9 Å². The third-order valence-electron chi connectivity index (χ3n) is 4.96. The van der Waals surface area contributed by atoms with Gasteiger partial charge in [-0.05, 0) is 48.5 Å². The quantitative estimate of drug-likeness (QED) is 0.342. The zero-order valence-electron chi connectivity index (χ0n) is 18.3. The molecule has 1 amide bonds. The first kappa shape index (κ1) is 23.9. The van der Waals surface area contributed by atoms with Gasteiger partial charge in [-0.2, -0.15) is 0 Å². The number of halogens is 1. The first-order valence-electron chi connectivity index (χ1n) is 10.0. The number of carbonyl (C=O) groups is 1. The molecule has 4 rings (SSSR count). The lowest BCUT2D eigenvalue weighted by Gasteiger charge is -2.19. The second kappa shape index (κ2) is 9.96. The number of benzene rings is 2. The highest BCUT2D eigenvalue weighted by Gasteiger charge is 2.28. The van der Waals surface area contributed by atoms with Crippen molar-refractivity contribution in [3.63, 3.8) is 0 Å². The average molecular weight is 518 g/mol. The Labute approximate surface area is 205 Å². The number of hydrogen-bond acceptors (Lipinski definition) is 8. The first-order valence-corrected chi connectivity index (χ1v) is 12.9. The number of nitrogens with zero attached hydrogens (tertiary/aromatic N) is 3. The van der Waals surface area contributed by atoms with Gasteiger partial charge >= 0.3 is 0 Å². The van der Waals surface area contributed by atoms with E-state index in [0.717, 1.165) is 0 Å². The summed E-state index contributed by atoms with van der Waals surface area (Å²) in [7, 11) is -0.859. The van der Waals surface area contributed by atoms with Crippen LogP contribution in [0.2, 0.25) is 5.02 Å². The summed E-state index contributed by atoms with van der Waals surface area (Å²) in [6, 6.07) is 14.5. The van der Waals surface area contributed by atoms with E-state index in [1.165, 1.54) is 54.7 Å². The van der Waals surface area contributed by atoms with Crippen LogP contribution < -0.4 is 14.4 Å². The van der Waals surface area contributed by atoms with Crippen molar-refractivity contribution in [2.45, 2.75) is 11.4 Å². The van der Waals surface area contributed by atoms with Crippen molar-refractivity contribution in [2.24, 2.45) is 0 Å². The van der Waals surface area contributed by atoms with Crippen molar-refractivity contribution in [1.82, 2.24) is 9.97 Å². The van der Waals surface area contributed by atoms with Gasteiger partial charge in [0.25, 0.3) is 0 Å². The molecule has 0 aliphatic heterocycles. The summed E-state index contributed by atoms with van der Waals surface area (Å²) in [5.74, 6) is -0.306. The summed E-state index contributed by atoms with van der Waals surface area (Å²) in [5, 5.41) is 0.708. The zero-order chi connectivity index (χ0) is 24.3. The molecule has 0 spiro atoms. The highest BCUT2D eigenvalue weighted by Crippen LogP contribution is 2.40. The Balaban J connectivity index is 1.75. The number of pyridine rings is 1. The Morgan fingerprint density at radius 2 is 1.74 bits per heavy atom. The standard InChI is InChI=1S/C23H20ClN3O5S2/c1-31-18-10-11-19(32-2)22-21(18)26-23(33-22)27(13-16-5-3-4-12-25-16)20(28)14-34(29,30)17-8-6-15(24)7-9-17/h3-12H,13-14H2,1-2H3. The van der Waals surface area contributed by atoms with Crippen LogP contribution in [0, 0.1) is 0 Å². The van der Waals surface area contributed by atoms with Gasteiger partial charge in [-0.3, -0.25) is 14.7 Å². The smallest absolute Gasteiger partial charge is 0.244 e. The molecule has 0 unspecified atom stereocenters. The fourth-order valence-corrected chi connectivity index (χ4v) is 5.69. The molecule has 176 valence electrons. The maximum Gasteiger partial charge on any atom is 0.244 e. The second-order valence-corrected chi connectivity index (χ2v) is 10.6. The van der Waals surface area contributed by atoms with Crippen LogP contribution in [0.5, 0.6) is 11.5 Å². The van der Waals surface area contributed by atoms with Gasteiger partial charge in [0.2, 0.25) is 5.91 Å². The maximum atomic E-state index is 13.4. The third-order valence-corrected chi connectivity index (χ3v) is 7.93. The molecule has 2 aromatic heterocycles. The summed E-state index contributed by atoms with van der Waals surface area (Å²) in [4.78, 5) is 23.6. The van der Waals surface area contributed by atoms with Gasteiger partial charge in [0.15, 0.2) is 15.0 Å². The molecule has 8 nitrogen and oxygen atoms in total. The Kier molecular flexibility index (Phi) is 7.01.